The number of hydrogen-bond donors (Lipinski definition) is 1. The van der Waals surface area contributed by atoms with Crippen molar-refractivity contribution in [3.63, 3.8) is 0 Å². The number of methoxy groups -OCH3 is 1. The van der Waals surface area contributed by atoms with Gasteiger partial charge in [0, 0.05) is 25.7 Å². The molecule has 0 amide bonds. The van der Waals surface area contributed by atoms with Gasteiger partial charge in [0.05, 0.1) is 12.0 Å². The normalized spacial score (nSPS) is 16.6. The van der Waals surface area contributed by atoms with Crippen molar-refractivity contribution in [2.75, 3.05) is 26.7 Å². The van der Waals surface area contributed by atoms with Gasteiger partial charge < -0.3 is 10.1 Å². The molecular weight excluding hydrogens is 252 g/mol. The molecule has 0 radical (unpaired) electrons. The highest BCUT2D eigenvalue weighted by Crippen LogP contribution is 2.22. The molecule has 1 aliphatic heterocycles. The predicted octanol–water partition coefficient (Wildman–Crippen LogP) is 0.678. The lowest BCUT2D eigenvalue weighted by molar-refractivity contribution is 0.249. The van der Waals surface area contributed by atoms with Crippen LogP contribution in [0.4, 0.5) is 0 Å². The zero-order valence-electron chi connectivity index (χ0n) is 10.6. The minimum atomic E-state index is -3.40. The molecule has 0 atom stereocenters. The van der Waals surface area contributed by atoms with E-state index in [2.05, 4.69) is 5.32 Å². The molecule has 6 heteroatoms. The third-order valence-corrected chi connectivity index (χ3v) is 5.19. The molecule has 1 aromatic carbocycles. The number of likely N-dealkylation sites (N-methyl/N-ethyl adjacent to an activating group) is 1. The van der Waals surface area contributed by atoms with Crippen LogP contribution in [-0.2, 0) is 10.0 Å². The monoisotopic (exact) mass is 270 g/mol. The molecule has 1 aromatic rings. The molecule has 1 heterocycles. The lowest BCUT2D eigenvalue weighted by Crippen LogP contribution is -2.58. The van der Waals surface area contributed by atoms with E-state index >= 15 is 0 Å². The number of benzene rings is 1. The molecule has 5 nitrogen and oxygen atoms in total. The standard InChI is InChI=1S/C12H18N2O3S/c1-3-14(10-8-13-9-10)18(15,16)12-6-4-11(17-2)5-7-12/h4-7,10,13H,3,8-9H2,1-2H3. The van der Waals surface area contributed by atoms with Crippen molar-refractivity contribution in [2.24, 2.45) is 0 Å². The second-order valence-electron chi connectivity index (χ2n) is 4.20. The molecule has 100 valence electrons. The minimum absolute atomic E-state index is 0.0714. The molecule has 2 rings (SSSR count). The van der Waals surface area contributed by atoms with E-state index in [4.69, 9.17) is 4.74 Å². The Labute approximate surface area is 108 Å². The van der Waals surface area contributed by atoms with Gasteiger partial charge in [0.1, 0.15) is 5.75 Å². The van der Waals surface area contributed by atoms with Gasteiger partial charge in [-0.05, 0) is 24.3 Å². The quantitative estimate of drug-likeness (QED) is 0.854. The van der Waals surface area contributed by atoms with Gasteiger partial charge in [0.2, 0.25) is 10.0 Å². The summed E-state index contributed by atoms with van der Waals surface area (Å²) in [6.45, 7) is 3.80. The van der Waals surface area contributed by atoms with E-state index < -0.39 is 10.0 Å². The number of nitrogens with one attached hydrogen (secondary N) is 1. The van der Waals surface area contributed by atoms with Gasteiger partial charge in [-0.1, -0.05) is 6.92 Å². The van der Waals surface area contributed by atoms with Crippen molar-refractivity contribution in [1.29, 1.82) is 0 Å². The third-order valence-electron chi connectivity index (χ3n) is 3.14. The highest BCUT2D eigenvalue weighted by Gasteiger charge is 2.33. The van der Waals surface area contributed by atoms with E-state index in [0.717, 1.165) is 13.1 Å². The van der Waals surface area contributed by atoms with E-state index in [0.29, 0.717) is 17.2 Å². The van der Waals surface area contributed by atoms with Gasteiger partial charge in [-0.25, -0.2) is 8.42 Å². The summed E-state index contributed by atoms with van der Waals surface area (Å²) in [5.41, 5.74) is 0. The van der Waals surface area contributed by atoms with Crippen molar-refractivity contribution < 1.29 is 13.2 Å². The van der Waals surface area contributed by atoms with Crippen molar-refractivity contribution in [2.45, 2.75) is 17.9 Å². The Kier molecular flexibility index (Phi) is 3.89. The van der Waals surface area contributed by atoms with Crippen LogP contribution >= 0.6 is 0 Å². The van der Waals surface area contributed by atoms with Crippen molar-refractivity contribution in [1.82, 2.24) is 9.62 Å². The molecule has 0 saturated carbocycles. The first kappa shape index (κ1) is 13.3. The van der Waals surface area contributed by atoms with Crippen LogP contribution in [0.1, 0.15) is 6.92 Å². The first-order valence-electron chi connectivity index (χ1n) is 5.96. The topological polar surface area (TPSA) is 58.6 Å². The largest absolute Gasteiger partial charge is 0.497 e. The molecule has 1 aliphatic rings. The van der Waals surface area contributed by atoms with E-state index in [-0.39, 0.29) is 6.04 Å². The molecule has 0 spiro atoms. The highest BCUT2D eigenvalue weighted by atomic mass is 32.2. The number of sulfonamides is 1. The van der Waals surface area contributed by atoms with Crippen LogP contribution in [0.25, 0.3) is 0 Å². The molecule has 1 N–H and O–H groups in total. The molecule has 0 bridgehead atoms. The smallest absolute Gasteiger partial charge is 0.243 e. The van der Waals surface area contributed by atoms with Gasteiger partial charge in [0.25, 0.3) is 0 Å². The number of hydrogen-bond acceptors (Lipinski definition) is 4. The first-order chi connectivity index (χ1) is 8.59. The van der Waals surface area contributed by atoms with Crippen LogP contribution in [0.2, 0.25) is 0 Å². The van der Waals surface area contributed by atoms with Crippen LogP contribution in [0.15, 0.2) is 29.2 Å². The maximum Gasteiger partial charge on any atom is 0.243 e. The second kappa shape index (κ2) is 5.26. The number of ether oxygens (including phenoxy) is 1. The maximum absolute atomic E-state index is 12.5. The van der Waals surface area contributed by atoms with E-state index in [1.165, 1.54) is 0 Å². The summed E-state index contributed by atoms with van der Waals surface area (Å²) in [4.78, 5) is 0.317. The Morgan fingerprint density at radius 2 is 1.94 bits per heavy atom. The molecule has 0 aliphatic carbocycles. The fraction of sp³-hybridized carbons (Fsp3) is 0.500. The van der Waals surface area contributed by atoms with E-state index in [9.17, 15) is 8.42 Å². The first-order valence-corrected chi connectivity index (χ1v) is 7.40. The zero-order valence-corrected chi connectivity index (χ0v) is 11.4. The lowest BCUT2D eigenvalue weighted by atomic mass is 10.2. The van der Waals surface area contributed by atoms with Crippen LogP contribution in [0.3, 0.4) is 0 Å². The van der Waals surface area contributed by atoms with Gasteiger partial charge in [-0.2, -0.15) is 4.31 Å². The fourth-order valence-electron chi connectivity index (χ4n) is 1.98. The molecule has 1 saturated heterocycles. The average molecular weight is 270 g/mol. The van der Waals surface area contributed by atoms with Crippen molar-refractivity contribution in [3.8, 4) is 5.75 Å². The lowest BCUT2D eigenvalue weighted by Gasteiger charge is -2.36. The SMILES string of the molecule is CCN(C1CNC1)S(=O)(=O)c1ccc(OC)cc1. The van der Waals surface area contributed by atoms with Gasteiger partial charge in [-0.3, -0.25) is 0 Å². The van der Waals surface area contributed by atoms with Crippen LogP contribution < -0.4 is 10.1 Å². The third kappa shape index (κ3) is 2.36. The second-order valence-corrected chi connectivity index (χ2v) is 6.09. The molecular formula is C12H18N2O3S. The van der Waals surface area contributed by atoms with Gasteiger partial charge >= 0.3 is 0 Å². The Balaban J connectivity index is 2.27. The van der Waals surface area contributed by atoms with Gasteiger partial charge in [-0.15, -0.1) is 0 Å². The Hall–Kier alpha value is -1.11. The highest BCUT2D eigenvalue weighted by molar-refractivity contribution is 7.89. The molecule has 0 unspecified atom stereocenters. The molecule has 18 heavy (non-hydrogen) atoms. The summed E-state index contributed by atoms with van der Waals surface area (Å²) in [5.74, 6) is 0.655. The predicted molar refractivity (Wildman–Crippen MR) is 69.2 cm³/mol. The molecule has 0 aromatic heterocycles. The number of rotatable bonds is 5. The summed E-state index contributed by atoms with van der Waals surface area (Å²) < 4.78 is 31.5. The summed E-state index contributed by atoms with van der Waals surface area (Å²) in [5, 5.41) is 3.09. The summed E-state index contributed by atoms with van der Waals surface area (Å²) in [6, 6.07) is 6.58. The maximum atomic E-state index is 12.5. The number of nitrogens with zero attached hydrogens (tertiary/aromatic N) is 1. The molecule has 1 fully saturated rings. The van der Waals surface area contributed by atoms with Crippen LogP contribution in [0.5, 0.6) is 5.75 Å². The van der Waals surface area contributed by atoms with Crippen molar-refractivity contribution >= 4 is 10.0 Å². The summed E-state index contributed by atoms with van der Waals surface area (Å²) >= 11 is 0. The summed E-state index contributed by atoms with van der Waals surface area (Å²) in [6.07, 6.45) is 0. The van der Waals surface area contributed by atoms with Crippen molar-refractivity contribution in [3.05, 3.63) is 24.3 Å². The zero-order chi connectivity index (χ0) is 13.2. The van der Waals surface area contributed by atoms with E-state index in [1.807, 2.05) is 6.92 Å². The summed E-state index contributed by atoms with van der Waals surface area (Å²) in [7, 11) is -1.84. The minimum Gasteiger partial charge on any atom is -0.497 e. The van der Waals surface area contributed by atoms with E-state index in [1.54, 1.807) is 35.7 Å². The Morgan fingerprint density at radius 1 is 1.33 bits per heavy atom. The Morgan fingerprint density at radius 3 is 2.33 bits per heavy atom. The average Bonchev–Trinajstić information content (AvgIpc) is 2.33. The van der Waals surface area contributed by atoms with Crippen LogP contribution in [-0.4, -0.2) is 45.5 Å². The van der Waals surface area contributed by atoms with Crippen LogP contribution in [0, 0.1) is 0 Å². The fourth-order valence-corrected chi connectivity index (χ4v) is 3.62. The van der Waals surface area contributed by atoms with Gasteiger partial charge in [0.15, 0.2) is 0 Å². The Bertz CT molecular complexity index is 495.